The standard InChI is InChI=1S/C14H11NOS/c1-10-5-6-14(17-10)12-8-11-4-2-3-7-15(11)13(12)9-16/h2-9H,1H3. The first-order valence-corrected chi connectivity index (χ1v) is 6.23. The largest absolute Gasteiger partial charge is 0.314 e. The van der Waals surface area contributed by atoms with Crippen molar-refractivity contribution in [2.24, 2.45) is 0 Å². The molecule has 0 saturated heterocycles. The van der Waals surface area contributed by atoms with E-state index in [2.05, 4.69) is 25.1 Å². The average Bonchev–Trinajstić information content (AvgIpc) is 2.91. The van der Waals surface area contributed by atoms with Gasteiger partial charge in [0, 0.05) is 27.0 Å². The van der Waals surface area contributed by atoms with Crippen LogP contribution in [0.4, 0.5) is 0 Å². The predicted octanol–water partition coefficient (Wildman–Crippen LogP) is 3.79. The van der Waals surface area contributed by atoms with Crippen molar-refractivity contribution in [3.05, 3.63) is 53.2 Å². The first kappa shape index (κ1) is 10.3. The van der Waals surface area contributed by atoms with Gasteiger partial charge >= 0.3 is 0 Å². The van der Waals surface area contributed by atoms with Crippen molar-refractivity contribution in [1.29, 1.82) is 0 Å². The Labute approximate surface area is 103 Å². The van der Waals surface area contributed by atoms with Crippen LogP contribution in [0.15, 0.2) is 42.6 Å². The Morgan fingerprint density at radius 2 is 2.12 bits per heavy atom. The molecule has 0 bridgehead atoms. The number of aldehydes is 1. The number of nitrogens with zero attached hydrogens (tertiary/aromatic N) is 1. The van der Waals surface area contributed by atoms with Gasteiger partial charge in [-0.15, -0.1) is 11.3 Å². The molecule has 0 aliphatic rings. The van der Waals surface area contributed by atoms with Crippen LogP contribution < -0.4 is 0 Å². The fraction of sp³-hybridized carbons (Fsp3) is 0.0714. The lowest BCUT2D eigenvalue weighted by atomic mass is 10.2. The van der Waals surface area contributed by atoms with Gasteiger partial charge in [-0.2, -0.15) is 0 Å². The van der Waals surface area contributed by atoms with E-state index in [4.69, 9.17) is 0 Å². The van der Waals surface area contributed by atoms with Crippen molar-refractivity contribution in [2.75, 3.05) is 0 Å². The molecule has 0 saturated carbocycles. The molecule has 0 aliphatic carbocycles. The summed E-state index contributed by atoms with van der Waals surface area (Å²) in [6.45, 7) is 2.07. The average molecular weight is 241 g/mol. The number of fused-ring (bicyclic) bond motifs is 1. The fourth-order valence-electron chi connectivity index (χ4n) is 2.04. The van der Waals surface area contributed by atoms with Crippen LogP contribution in [0.3, 0.4) is 0 Å². The van der Waals surface area contributed by atoms with Crippen molar-refractivity contribution in [3.8, 4) is 10.4 Å². The summed E-state index contributed by atoms with van der Waals surface area (Å²) < 4.78 is 1.93. The lowest BCUT2D eigenvalue weighted by Crippen LogP contribution is -1.90. The van der Waals surface area contributed by atoms with Crippen LogP contribution in [0.5, 0.6) is 0 Å². The van der Waals surface area contributed by atoms with Crippen LogP contribution in [0.2, 0.25) is 0 Å². The van der Waals surface area contributed by atoms with Crippen molar-refractivity contribution in [1.82, 2.24) is 4.40 Å². The molecular formula is C14H11NOS. The second-order valence-electron chi connectivity index (χ2n) is 3.97. The van der Waals surface area contributed by atoms with E-state index in [1.54, 1.807) is 11.3 Å². The molecule has 3 heterocycles. The normalized spacial score (nSPS) is 10.9. The monoisotopic (exact) mass is 241 g/mol. The highest BCUT2D eigenvalue weighted by atomic mass is 32.1. The number of thiophene rings is 1. The Bertz CT molecular complexity index is 693. The van der Waals surface area contributed by atoms with Gasteiger partial charge in [-0.3, -0.25) is 4.79 Å². The van der Waals surface area contributed by atoms with Gasteiger partial charge in [0.15, 0.2) is 6.29 Å². The minimum Gasteiger partial charge on any atom is -0.314 e. The van der Waals surface area contributed by atoms with Crippen LogP contribution in [0.25, 0.3) is 16.0 Å². The molecule has 0 unspecified atom stereocenters. The SMILES string of the molecule is Cc1ccc(-c2cc3ccccn3c2C=O)s1. The molecule has 0 spiro atoms. The van der Waals surface area contributed by atoms with E-state index in [1.165, 1.54) is 4.88 Å². The zero-order chi connectivity index (χ0) is 11.8. The number of aryl methyl sites for hydroxylation is 1. The Morgan fingerprint density at radius 1 is 1.24 bits per heavy atom. The van der Waals surface area contributed by atoms with Crippen molar-refractivity contribution < 1.29 is 4.79 Å². The van der Waals surface area contributed by atoms with E-state index in [0.717, 1.165) is 27.9 Å². The quantitative estimate of drug-likeness (QED) is 0.625. The Balaban J connectivity index is 2.32. The summed E-state index contributed by atoms with van der Waals surface area (Å²) in [7, 11) is 0. The molecule has 0 fully saturated rings. The highest BCUT2D eigenvalue weighted by Gasteiger charge is 2.12. The van der Waals surface area contributed by atoms with E-state index in [9.17, 15) is 4.79 Å². The predicted molar refractivity (Wildman–Crippen MR) is 70.8 cm³/mol. The smallest absolute Gasteiger partial charge is 0.167 e. The molecule has 84 valence electrons. The first-order valence-electron chi connectivity index (χ1n) is 5.41. The molecule has 0 N–H and O–H groups in total. The summed E-state index contributed by atoms with van der Waals surface area (Å²) in [6, 6.07) is 12.1. The van der Waals surface area contributed by atoms with Gasteiger partial charge in [-0.25, -0.2) is 0 Å². The second kappa shape index (κ2) is 3.86. The summed E-state index contributed by atoms with van der Waals surface area (Å²) in [4.78, 5) is 13.7. The molecular weight excluding hydrogens is 230 g/mol. The molecule has 0 aliphatic heterocycles. The van der Waals surface area contributed by atoms with Crippen molar-refractivity contribution in [3.63, 3.8) is 0 Å². The van der Waals surface area contributed by atoms with E-state index in [1.807, 2.05) is 28.8 Å². The second-order valence-corrected chi connectivity index (χ2v) is 5.25. The molecule has 3 aromatic rings. The van der Waals surface area contributed by atoms with Gasteiger partial charge < -0.3 is 4.40 Å². The van der Waals surface area contributed by atoms with E-state index in [0.29, 0.717) is 0 Å². The Hall–Kier alpha value is -1.87. The van der Waals surface area contributed by atoms with Crippen LogP contribution in [-0.4, -0.2) is 10.7 Å². The van der Waals surface area contributed by atoms with Gasteiger partial charge in [0.25, 0.3) is 0 Å². The van der Waals surface area contributed by atoms with Gasteiger partial charge in [0.05, 0.1) is 5.69 Å². The third kappa shape index (κ3) is 1.59. The number of aromatic nitrogens is 1. The molecule has 3 aromatic heterocycles. The molecule has 3 heteroatoms. The molecule has 0 radical (unpaired) electrons. The summed E-state index contributed by atoms with van der Waals surface area (Å²) in [5.41, 5.74) is 2.79. The zero-order valence-corrected chi connectivity index (χ0v) is 10.2. The molecule has 0 aromatic carbocycles. The van der Waals surface area contributed by atoms with Gasteiger partial charge in [-0.05, 0) is 37.3 Å². The highest BCUT2D eigenvalue weighted by Crippen LogP contribution is 2.32. The molecule has 0 atom stereocenters. The number of pyridine rings is 1. The minimum absolute atomic E-state index is 0.724. The maximum Gasteiger partial charge on any atom is 0.167 e. The molecule has 0 amide bonds. The molecule has 3 rings (SSSR count). The Kier molecular flexibility index (Phi) is 2.34. The number of rotatable bonds is 2. The maximum absolute atomic E-state index is 11.3. The maximum atomic E-state index is 11.3. The molecule has 2 nitrogen and oxygen atoms in total. The fourth-order valence-corrected chi connectivity index (χ4v) is 2.93. The lowest BCUT2D eigenvalue weighted by Gasteiger charge is -1.96. The van der Waals surface area contributed by atoms with Gasteiger partial charge in [0.1, 0.15) is 0 Å². The molecule has 17 heavy (non-hydrogen) atoms. The topological polar surface area (TPSA) is 21.5 Å². The zero-order valence-electron chi connectivity index (χ0n) is 9.38. The summed E-state index contributed by atoms with van der Waals surface area (Å²) in [5.74, 6) is 0. The summed E-state index contributed by atoms with van der Waals surface area (Å²) >= 11 is 1.71. The Morgan fingerprint density at radius 3 is 2.82 bits per heavy atom. The van der Waals surface area contributed by atoms with E-state index < -0.39 is 0 Å². The van der Waals surface area contributed by atoms with Crippen LogP contribution in [-0.2, 0) is 0 Å². The van der Waals surface area contributed by atoms with Crippen molar-refractivity contribution >= 4 is 23.1 Å². The van der Waals surface area contributed by atoms with Crippen LogP contribution in [0.1, 0.15) is 15.4 Å². The van der Waals surface area contributed by atoms with Crippen molar-refractivity contribution in [2.45, 2.75) is 6.92 Å². The number of carbonyl (C=O) groups excluding carboxylic acids is 1. The van der Waals surface area contributed by atoms with Gasteiger partial charge in [-0.1, -0.05) is 6.07 Å². The van der Waals surface area contributed by atoms with Crippen LogP contribution >= 0.6 is 11.3 Å². The highest BCUT2D eigenvalue weighted by molar-refractivity contribution is 7.15. The lowest BCUT2D eigenvalue weighted by molar-refractivity contribution is 0.111. The third-order valence-electron chi connectivity index (χ3n) is 2.84. The van der Waals surface area contributed by atoms with E-state index >= 15 is 0 Å². The summed E-state index contributed by atoms with van der Waals surface area (Å²) in [5, 5.41) is 0. The summed E-state index contributed by atoms with van der Waals surface area (Å²) in [6.07, 6.45) is 2.85. The number of hydrogen-bond acceptors (Lipinski definition) is 2. The van der Waals surface area contributed by atoms with Crippen LogP contribution in [0, 0.1) is 6.92 Å². The van der Waals surface area contributed by atoms with Gasteiger partial charge in [0.2, 0.25) is 0 Å². The number of hydrogen-bond donors (Lipinski definition) is 0. The van der Waals surface area contributed by atoms with E-state index in [-0.39, 0.29) is 0 Å². The minimum atomic E-state index is 0.724. The number of carbonyl (C=O) groups is 1. The first-order chi connectivity index (χ1) is 8.29. The third-order valence-corrected chi connectivity index (χ3v) is 3.87.